The highest BCUT2D eigenvalue weighted by molar-refractivity contribution is 8.00. The van der Waals surface area contributed by atoms with Crippen LogP contribution in [0.15, 0.2) is 113 Å². The van der Waals surface area contributed by atoms with Gasteiger partial charge < -0.3 is 16.0 Å². The molecule has 1 aromatic heterocycles. The van der Waals surface area contributed by atoms with Crippen molar-refractivity contribution >= 4 is 80.9 Å². The highest BCUT2D eigenvalue weighted by Gasteiger charge is 2.18. The van der Waals surface area contributed by atoms with Gasteiger partial charge in [-0.3, -0.25) is 14.4 Å². The van der Waals surface area contributed by atoms with Crippen LogP contribution in [-0.4, -0.2) is 28.0 Å². The van der Waals surface area contributed by atoms with Crippen molar-refractivity contribution in [2.24, 2.45) is 0 Å². The molecule has 4 aromatic carbocycles. The van der Waals surface area contributed by atoms with Crippen molar-refractivity contribution in [1.82, 2.24) is 10.3 Å². The maximum absolute atomic E-state index is 13.4. The van der Waals surface area contributed by atoms with Gasteiger partial charge in [0.25, 0.3) is 11.8 Å². The van der Waals surface area contributed by atoms with Crippen molar-refractivity contribution in [3.8, 4) is 11.3 Å². The Labute approximate surface area is 285 Å². The molecular formula is C35H28Cl2N4O3S2. The maximum atomic E-state index is 13.4. The highest BCUT2D eigenvalue weighted by Crippen LogP contribution is 2.33. The molecule has 232 valence electrons. The Bertz CT molecular complexity index is 1910. The molecule has 3 N–H and O–H groups in total. The van der Waals surface area contributed by atoms with Crippen LogP contribution in [0, 0.1) is 6.92 Å². The Morgan fingerprint density at radius 2 is 1.61 bits per heavy atom. The Morgan fingerprint density at radius 1 is 0.891 bits per heavy atom. The lowest BCUT2D eigenvalue weighted by Gasteiger charge is -2.13. The molecule has 0 fully saturated rings. The maximum Gasteiger partial charge on any atom is 0.272 e. The molecule has 0 radical (unpaired) electrons. The summed E-state index contributed by atoms with van der Waals surface area (Å²) in [7, 11) is 0. The molecular weight excluding hydrogens is 659 g/mol. The normalized spacial score (nSPS) is 11.9. The molecule has 0 aliphatic carbocycles. The summed E-state index contributed by atoms with van der Waals surface area (Å²) in [6.07, 6.45) is 1.66. The van der Waals surface area contributed by atoms with Crippen molar-refractivity contribution in [2.75, 3.05) is 10.6 Å². The van der Waals surface area contributed by atoms with Crippen LogP contribution in [0.2, 0.25) is 10.0 Å². The summed E-state index contributed by atoms with van der Waals surface area (Å²) in [5.41, 5.74) is 4.23. The molecule has 5 aromatic rings. The van der Waals surface area contributed by atoms with Crippen LogP contribution in [0.4, 0.5) is 10.8 Å². The number of anilines is 2. The minimum Gasteiger partial charge on any atom is -0.321 e. The van der Waals surface area contributed by atoms with Crippen LogP contribution >= 0.6 is 46.3 Å². The third-order valence-corrected chi connectivity index (χ3v) is 9.17. The third-order valence-electron chi connectivity index (χ3n) is 6.75. The number of hydrogen-bond donors (Lipinski definition) is 3. The Hall–Kier alpha value is -4.41. The number of halogens is 2. The number of nitrogens with one attached hydrogen (secondary N) is 3. The summed E-state index contributed by atoms with van der Waals surface area (Å²) in [4.78, 5) is 44.5. The Balaban J connectivity index is 1.22. The first kappa shape index (κ1) is 33.0. The topological polar surface area (TPSA) is 100 Å². The number of thioether (sulfide) groups is 1. The van der Waals surface area contributed by atoms with Crippen LogP contribution in [0.3, 0.4) is 0 Å². The van der Waals surface area contributed by atoms with Crippen LogP contribution in [0.5, 0.6) is 0 Å². The summed E-state index contributed by atoms with van der Waals surface area (Å²) >= 11 is 15.0. The van der Waals surface area contributed by atoms with Crippen molar-refractivity contribution in [3.05, 3.63) is 135 Å². The molecule has 1 heterocycles. The summed E-state index contributed by atoms with van der Waals surface area (Å²) in [6.45, 7) is 3.74. The van der Waals surface area contributed by atoms with Gasteiger partial charge in [-0.05, 0) is 85.6 Å². The predicted molar refractivity (Wildman–Crippen MR) is 190 cm³/mol. The van der Waals surface area contributed by atoms with E-state index in [1.807, 2.05) is 54.8 Å². The van der Waals surface area contributed by atoms with E-state index in [0.29, 0.717) is 32.1 Å². The molecule has 0 spiro atoms. The molecule has 46 heavy (non-hydrogen) atoms. The standard InChI is InChI=1S/C35H28Cl2N4O3S2/c1-21-8-6-7-11-24(21)18-30(39-33(43)23-9-4-3-5-10-23)34(44)38-26-13-15-27(16-14-26)46-22(2)32(42)41-35-40-31(20-45-35)28-17-12-25(36)19-29(28)37/h3-20,22H,1-2H3,(H,38,44)(H,39,43)(H,40,41,42)/b30-18-. The summed E-state index contributed by atoms with van der Waals surface area (Å²) in [6, 6.07) is 28.6. The first-order chi connectivity index (χ1) is 22.2. The summed E-state index contributed by atoms with van der Waals surface area (Å²) in [5, 5.41) is 11.4. The van der Waals surface area contributed by atoms with Crippen molar-refractivity contribution in [3.63, 3.8) is 0 Å². The number of aromatic nitrogens is 1. The molecule has 3 amide bonds. The van der Waals surface area contributed by atoms with E-state index in [4.69, 9.17) is 23.2 Å². The number of rotatable bonds is 10. The molecule has 0 aliphatic heterocycles. The summed E-state index contributed by atoms with van der Waals surface area (Å²) < 4.78 is 0. The lowest BCUT2D eigenvalue weighted by Crippen LogP contribution is -2.30. The minimum atomic E-state index is -0.469. The molecule has 0 bridgehead atoms. The van der Waals surface area contributed by atoms with Gasteiger partial charge in [0, 0.05) is 32.1 Å². The molecule has 1 unspecified atom stereocenters. The quantitative estimate of drug-likeness (QED) is 0.101. The van der Waals surface area contributed by atoms with Crippen molar-refractivity contribution < 1.29 is 14.4 Å². The zero-order valence-electron chi connectivity index (χ0n) is 24.7. The average molecular weight is 688 g/mol. The lowest BCUT2D eigenvalue weighted by atomic mass is 10.1. The van der Waals surface area contributed by atoms with E-state index in [9.17, 15) is 14.4 Å². The number of benzene rings is 4. The van der Waals surface area contributed by atoms with E-state index < -0.39 is 17.1 Å². The van der Waals surface area contributed by atoms with Crippen LogP contribution < -0.4 is 16.0 Å². The van der Waals surface area contributed by atoms with Gasteiger partial charge in [-0.15, -0.1) is 23.1 Å². The van der Waals surface area contributed by atoms with Crippen LogP contribution in [0.1, 0.15) is 28.4 Å². The number of hydrogen-bond acceptors (Lipinski definition) is 6. The number of aryl methyl sites for hydroxylation is 1. The van der Waals surface area contributed by atoms with E-state index in [1.165, 1.54) is 23.1 Å². The average Bonchev–Trinajstić information content (AvgIpc) is 3.50. The highest BCUT2D eigenvalue weighted by atomic mass is 35.5. The van der Waals surface area contributed by atoms with Gasteiger partial charge in [-0.2, -0.15) is 0 Å². The smallest absolute Gasteiger partial charge is 0.272 e. The lowest BCUT2D eigenvalue weighted by molar-refractivity contribution is -0.115. The Morgan fingerprint density at radius 3 is 2.33 bits per heavy atom. The number of thiazole rings is 1. The number of carbonyl (C=O) groups excluding carboxylic acids is 3. The first-order valence-corrected chi connectivity index (χ1v) is 16.6. The van der Waals surface area contributed by atoms with Crippen LogP contribution in [0.25, 0.3) is 17.3 Å². The Kier molecular flexibility index (Phi) is 10.9. The molecule has 7 nitrogen and oxygen atoms in total. The van der Waals surface area contributed by atoms with Gasteiger partial charge in [-0.1, -0.05) is 65.7 Å². The third kappa shape index (κ3) is 8.64. The SMILES string of the molecule is Cc1ccccc1/C=C(\NC(=O)c1ccccc1)C(=O)Nc1ccc(SC(C)C(=O)Nc2nc(-c3ccc(Cl)cc3Cl)cs2)cc1. The fourth-order valence-corrected chi connectivity index (χ4v) is 6.36. The fraction of sp³-hybridized carbons (Fsp3) is 0.0857. The van der Waals surface area contributed by atoms with Gasteiger partial charge in [0.2, 0.25) is 5.91 Å². The van der Waals surface area contributed by atoms with E-state index >= 15 is 0 Å². The van der Waals surface area contributed by atoms with Crippen molar-refractivity contribution in [2.45, 2.75) is 24.0 Å². The predicted octanol–water partition coefficient (Wildman–Crippen LogP) is 8.95. The van der Waals surface area contributed by atoms with Gasteiger partial charge in [0.05, 0.1) is 16.0 Å². The fourth-order valence-electron chi connectivity index (χ4n) is 4.28. The van der Waals surface area contributed by atoms with Crippen LogP contribution in [-0.2, 0) is 9.59 Å². The van der Waals surface area contributed by atoms with E-state index in [2.05, 4.69) is 20.9 Å². The van der Waals surface area contributed by atoms with E-state index in [0.717, 1.165) is 21.6 Å². The molecule has 5 rings (SSSR count). The summed E-state index contributed by atoms with van der Waals surface area (Å²) in [5.74, 6) is -1.06. The molecule has 1 atom stereocenters. The number of nitrogens with zero attached hydrogens (tertiary/aromatic N) is 1. The van der Waals surface area contributed by atoms with Gasteiger partial charge >= 0.3 is 0 Å². The molecule has 11 heteroatoms. The second-order valence-corrected chi connectivity index (χ2v) is 13.2. The molecule has 0 saturated carbocycles. The zero-order chi connectivity index (χ0) is 32.6. The largest absolute Gasteiger partial charge is 0.321 e. The first-order valence-electron chi connectivity index (χ1n) is 14.1. The number of amides is 3. The second kappa shape index (κ2) is 15.2. The second-order valence-electron chi connectivity index (χ2n) is 10.1. The van der Waals surface area contributed by atoms with Gasteiger partial charge in [-0.25, -0.2) is 4.98 Å². The minimum absolute atomic E-state index is 0.107. The zero-order valence-corrected chi connectivity index (χ0v) is 27.9. The van der Waals surface area contributed by atoms with E-state index in [-0.39, 0.29) is 11.6 Å². The van der Waals surface area contributed by atoms with Gasteiger partial charge in [0.1, 0.15) is 5.70 Å². The van der Waals surface area contributed by atoms with E-state index in [1.54, 1.807) is 67.6 Å². The molecule has 0 saturated heterocycles. The van der Waals surface area contributed by atoms with Gasteiger partial charge in [0.15, 0.2) is 5.13 Å². The van der Waals surface area contributed by atoms with Crippen molar-refractivity contribution in [1.29, 1.82) is 0 Å². The monoisotopic (exact) mass is 686 g/mol. The number of carbonyl (C=O) groups is 3. The molecule has 0 aliphatic rings.